The van der Waals surface area contributed by atoms with Gasteiger partial charge in [0.25, 0.3) is 0 Å². The molecule has 5 nitrogen and oxygen atoms in total. The van der Waals surface area contributed by atoms with Gasteiger partial charge in [0.1, 0.15) is 5.82 Å². The molecule has 1 fully saturated rings. The number of carbonyl (C=O) groups is 2. The minimum Gasteiger partial charge on any atom is -0.326 e. The highest BCUT2D eigenvalue weighted by Gasteiger charge is 2.16. The van der Waals surface area contributed by atoms with Crippen LogP contribution in [-0.4, -0.2) is 24.9 Å². The number of halogens is 1. The van der Waals surface area contributed by atoms with E-state index in [1.54, 1.807) is 0 Å². The molecule has 1 heterocycles. The molecule has 6 heteroatoms. The van der Waals surface area contributed by atoms with Crippen molar-refractivity contribution < 1.29 is 14.0 Å². The summed E-state index contributed by atoms with van der Waals surface area (Å²) in [5, 5.41) is 8.37. The van der Waals surface area contributed by atoms with Crippen LogP contribution in [0.3, 0.4) is 0 Å². The number of carbonyl (C=O) groups excluding carboxylic acids is 2. The Balaban J connectivity index is 1.90. The Kier molecular flexibility index (Phi) is 5.27. The second-order valence-corrected chi connectivity index (χ2v) is 5.32. The summed E-state index contributed by atoms with van der Waals surface area (Å²) in [5.41, 5.74) is 0.551. The molecule has 2 amide bonds. The lowest BCUT2D eigenvalue weighted by Crippen LogP contribution is -2.16. The molecular weight excluding hydrogens is 273 g/mol. The quantitative estimate of drug-likeness (QED) is 0.778. The van der Waals surface area contributed by atoms with E-state index in [1.807, 2.05) is 0 Å². The van der Waals surface area contributed by atoms with Crippen LogP contribution in [0, 0.1) is 11.7 Å². The summed E-state index contributed by atoms with van der Waals surface area (Å²) in [6, 6.07) is 4.10. The molecule has 3 N–H and O–H groups in total. The van der Waals surface area contributed by atoms with Gasteiger partial charge in [-0.1, -0.05) is 0 Å². The van der Waals surface area contributed by atoms with Gasteiger partial charge >= 0.3 is 0 Å². The number of benzene rings is 1. The number of hydrogen-bond acceptors (Lipinski definition) is 3. The Morgan fingerprint density at radius 2 is 2.19 bits per heavy atom. The van der Waals surface area contributed by atoms with Gasteiger partial charge in [0, 0.05) is 19.0 Å². The zero-order valence-corrected chi connectivity index (χ0v) is 12.0. The van der Waals surface area contributed by atoms with Crippen molar-refractivity contribution in [2.45, 2.75) is 26.2 Å². The molecule has 0 aromatic heterocycles. The summed E-state index contributed by atoms with van der Waals surface area (Å²) in [7, 11) is 0. The Bertz CT molecular complexity index is 528. The van der Waals surface area contributed by atoms with E-state index < -0.39 is 5.82 Å². The fourth-order valence-corrected chi connectivity index (χ4v) is 2.41. The highest BCUT2D eigenvalue weighted by molar-refractivity contribution is 5.93. The van der Waals surface area contributed by atoms with Gasteiger partial charge in [-0.15, -0.1) is 0 Å². The molecule has 1 aliphatic rings. The first kappa shape index (κ1) is 15.4. The third-order valence-corrected chi connectivity index (χ3v) is 3.50. The van der Waals surface area contributed by atoms with Crippen molar-refractivity contribution in [1.82, 2.24) is 5.32 Å². The summed E-state index contributed by atoms with van der Waals surface area (Å²) in [6.07, 6.45) is 2.25. The van der Waals surface area contributed by atoms with E-state index in [2.05, 4.69) is 16.0 Å². The van der Waals surface area contributed by atoms with E-state index >= 15 is 0 Å². The number of nitrogens with one attached hydrogen (secondary N) is 3. The van der Waals surface area contributed by atoms with Crippen molar-refractivity contribution in [3.05, 3.63) is 24.0 Å². The second-order valence-electron chi connectivity index (χ2n) is 5.32. The van der Waals surface area contributed by atoms with Crippen LogP contribution >= 0.6 is 0 Å². The predicted octanol–water partition coefficient (Wildman–Crippen LogP) is 2.11. The molecule has 0 saturated carbocycles. The Labute approximate surface area is 123 Å². The Morgan fingerprint density at radius 1 is 1.38 bits per heavy atom. The van der Waals surface area contributed by atoms with E-state index in [9.17, 15) is 14.0 Å². The standard InChI is InChI=1S/C15H20FN3O2/c1-10(20)18-12-3-4-13(16)14(8-12)19-15(21)5-2-11-6-7-17-9-11/h3-4,8,11,17H,2,5-7,9H2,1H3,(H,18,20)(H,19,21). The molecule has 0 radical (unpaired) electrons. The van der Waals surface area contributed by atoms with Crippen LogP contribution in [0.25, 0.3) is 0 Å². The molecule has 1 atom stereocenters. The van der Waals surface area contributed by atoms with Crippen LogP contribution < -0.4 is 16.0 Å². The summed E-state index contributed by atoms with van der Waals surface area (Å²) in [5.74, 6) is -0.445. The van der Waals surface area contributed by atoms with Crippen molar-refractivity contribution in [2.24, 2.45) is 5.92 Å². The molecule has 0 aliphatic carbocycles. The topological polar surface area (TPSA) is 70.2 Å². The third-order valence-electron chi connectivity index (χ3n) is 3.50. The average Bonchev–Trinajstić information content (AvgIpc) is 2.93. The van der Waals surface area contributed by atoms with Crippen LogP contribution in [0.2, 0.25) is 0 Å². The summed E-state index contributed by atoms with van der Waals surface area (Å²) < 4.78 is 13.7. The fourth-order valence-electron chi connectivity index (χ4n) is 2.41. The van der Waals surface area contributed by atoms with Gasteiger partial charge in [-0.25, -0.2) is 4.39 Å². The SMILES string of the molecule is CC(=O)Nc1ccc(F)c(NC(=O)CCC2CCNC2)c1. The first-order valence-corrected chi connectivity index (χ1v) is 7.12. The van der Waals surface area contributed by atoms with Crippen LogP contribution in [0.4, 0.5) is 15.8 Å². The minimum absolute atomic E-state index is 0.0933. The van der Waals surface area contributed by atoms with E-state index in [0.29, 0.717) is 18.0 Å². The molecule has 1 unspecified atom stereocenters. The largest absolute Gasteiger partial charge is 0.326 e. The lowest BCUT2D eigenvalue weighted by Gasteiger charge is -2.11. The van der Waals surface area contributed by atoms with Crippen molar-refractivity contribution in [1.29, 1.82) is 0 Å². The summed E-state index contributed by atoms with van der Waals surface area (Å²) in [6.45, 7) is 3.32. The lowest BCUT2D eigenvalue weighted by atomic mass is 10.0. The molecule has 1 aromatic rings. The monoisotopic (exact) mass is 293 g/mol. The molecule has 21 heavy (non-hydrogen) atoms. The van der Waals surface area contributed by atoms with Gasteiger partial charge in [0.05, 0.1) is 5.69 Å². The number of anilines is 2. The van der Waals surface area contributed by atoms with E-state index in [-0.39, 0.29) is 17.5 Å². The van der Waals surface area contributed by atoms with Crippen molar-refractivity contribution >= 4 is 23.2 Å². The van der Waals surface area contributed by atoms with Gasteiger partial charge in [0.2, 0.25) is 11.8 Å². The maximum absolute atomic E-state index is 13.7. The predicted molar refractivity (Wildman–Crippen MR) is 79.5 cm³/mol. The third kappa shape index (κ3) is 4.82. The highest BCUT2D eigenvalue weighted by atomic mass is 19.1. The summed E-state index contributed by atoms with van der Waals surface area (Å²) >= 11 is 0. The van der Waals surface area contributed by atoms with Crippen LogP contribution in [0.15, 0.2) is 18.2 Å². The Morgan fingerprint density at radius 3 is 2.86 bits per heavy atom. The van der Waals surface area contributed by atoms with Crippen molar-refractivity contribution in [2.75, 3.05) is 23.7 Å². The second kappa shape index (κ2) is 7.17. The Hall–Kier alpha value is -1.95. The molecule has 0 spiro atoms. The highest BCUT2D eigenvalue weighted by Crippen LogP contribution is 2.21. The minimum atomic E-state index is -0.514. The number of rotatable bonds is 5. The number of hydrogen-bond donors (Lipinski definition) is 3. The zero-order chi connectivity index (χ0) is 15.2. The van der Waals surface area contributed by atoms with Gasteiger partial charge in [0.15, 0.2) is 0 Å². The van der Waals surface area contributed by atoms with Gasteiger partial charge in [-0.3, -0.25) is 9.59 Å². The molecular formula is C15H20FN3O2. The van der Waals surface area contributed by atoms with Gasteiger partial charge in [-0.05, 0) is 50.0 Å². The van der Waals surface area contributed by atoms with Crippen LogP contribution in [0.5, 0.6) is 0 Å². The van der Waals surface area contributed by atoms with Crippen molar-refractivity contribution in [3.63, 3.8) is 0 Å². The molecule has 1 aromatic carbocycles. The first-order valence-electron chi connectivity index (χ1n) is 7.12. The normalized spacial score (nSPS) is 17.5. The zero-order valence-electron chi connectivity index (χ0n) is 12.0. The average molecular weight is 293 g/mol. The van der Waals surface area contributed by atoms with Gasteiger partial charge in [-0.2, -0.15) is 0 Å². The van der Waals surface area contributed by atoms with E-state index in [1.165, 1.54) is 25.1 Å². The summed E-state index contributed by atoms with van der Waals surface area (Å²) in [4.78, 5) is 22.9. The van der Waals surface area contributed by atoms with Gasteiger partial charge < -0.3 is 16.0 Å². The molecule has 0 bridgehead atoms. The number of amides is 2. The molecule has 1 saturated heterocycles. The van der Waals surface area contributed by atoms with Crippen molar-refractivity contribution in [3.8, 4) is 0 Å². The maximum Gasteiger partial charge on any atom is 0.224 e. The molecule has 1 aliphatic heterocycles. The smallest absolute Gasteiger partial charge is 0.224 e. The van der Waals surface area contributed by atoms with E-state index in [0.717, 1.165) is 25.9 Å². The maximum atomic E-state index is 13.7. The molecule has 114 valence electrons. The first-order chi connectivity index (χ1) is 10.0. The molecule has 2 rings (SSSR count). The van der Waals surface area contributed by atoms with Crippen LogP contribution in [0.1, 0.15) is 26.2 Å². The fraction of sp³-hybridized carbons (Fsp3) is 0.467. The van der Waals surface area contributed by atoms with Crippen LogP contribution in [-0.2, 0) is 9.59 Å². The lowest BCUT2D eigenvalue weighted by molar-refractivity contribution is -0.116. The van der Waals surface area contributed by atoms with E-state index in [4.69, 9.17) is 0 Å².